The largest absolute Gasteiger partial charge is 0.459 e. The third kappa shape index (κ3) is 1.74. The highest BCUT2D eigenvalue weighted by atomic mass is 16.3. The SMILES string of the molecule is CC(=O)C1=C(NC(=O)c2ccco2)C[C@@H]2[C@H]1C2(C)C. The summed E-state index contributed by atoms with van der Waals surface area (Å²) in [6.45, 7) is 5.93. The van der Waals surface area contributed by atoms with Crippen LogP contribution >= 0.6 is 0 Å². The van der Waals surface area contributed by atoms with E-state index in [0.29, 0.717) is 11.8 Å². The first-order chi connectivity index (χ1) is 8.93. The Kier molecular flexibility index (Phi) is 2.46. The molecule has 1 aromatic rings. The summed E-state index contributed by atoms with van der Waals surface area (Å²) in [6.07, 6.45) is 2.24. The predicted molar refractivity (Wildman–Crippen MR) is 69.3 cm³/mol. The fraction of sp³-hybridized carbons (Fsp3) is 0.467. The molecule has 1 saturated carbocycles. The van der Waals surface area contributed by atoms with Crippen LogP contribution in [0.5, 0.6) is 0 Å². The van der Waals surface area contributed by atoms with E-state index < -0.39 is 0 Å². The molecule has 1 amide bonds. The van der Waals surface area contributed by atoms with E-state index >= 15 is 0 Å². The van der Waals surface area contributed by atoms with E-state index in [1.165, 1.54) is 6.26 Å². The molecule has 0 spiro atoms. The molecule has 1 heterocycles. The Hall–Kier alpha value is -1.84. The van der Waals surface area contributed by atoms with Crippen molar-refractivity contribution in [3.63, 3.8) is 0 Å². The fourth-order valence-electron chi connectivity index (χ4n) is 3.37. The predicted octanol–water partition coefficient (Wildman–Crippen LogP) is 2.53. The molecule has 2 aliphatic rings. The fourth-order valence-corrected chi connectivity index (χ4v) is 3.37. The van der Waals surface area contributed by atoms with Gasteiger partial charge in [0.25, 0.3) is 5.91 Å². The Balaban J connectivity index is 1.84. The van der Waals surface area contributed by atoms with Gasteiger partial charge in [-0.1, -0.05) is 13.8 Å². The third-order valence-corrected chi connectivity index (χ3v) is 4.50. The Morgan fingerprint density at radius 2 is 2.16 bits per heavy atom. The van der Waals surface area contributed by atoms with E-state index in [-0.39, 0.29) is 22.9 Å². The number of furan rings is 1. The number of fused-ring (bicyclic) bond motifs is 1. The smallest absolute Gasteiger partial charge is 0.291 e. The van der Waals surface area contributed by atoms with Gasteiger partial charge < -0.3 is 9.73 Å². The Bertz CT molecular complexity index is 581. The van der Waals surface area contributed by atoms with Gasteiger partial charge in [0.2, 0.25) is 0 Å². The third-order valence-electron chi connectivity index (χ3n) is 4.50. The molecule has 3 rings (SSSR count). The van der Waals surface area contributed by atoms with Crippen LogP contribution in [0.15, 0.2) is 34.1 Å². The van der Waals surface area contributed by atoms with Gasteiger partial charge in [-0.25, -0.2) is 0 Å². The molecule has 1 aromatic heterocycles. The Labute approximate surface area is 111 Å². The topological polar surface area (TPSA) is 59.3 Å². The van der Waals surface area contributed by atoms with Crippen LogP contribution in [0, 0.1) is 17.3 Å². The molecule has 0 radical (unpaired) electrons. The number of hydrogen-bond donors (Lipinski definition) is 1. The van der Waals surface area contributed by atoms with Crippen molar-refractivity contribution in [2.45, 2.75) is 27.2 Å². The first-order valence-electron chi connectivity index (χ1n) is 6.51. The molecule has 4 nitrogen and oxygen atoms in total. The lowest BCUT2D eigenvalue weighted by molar-refractivity contribution is -0.114. The van der Waals surface area contributed by atoms with Gasteiger partial charge in [0.1, 0.15) is 0 Å². The van der Waals surface area contributed by atoms with E-state index in [2.05, 4.69) is 19.2 Å². The standard InChI is InChI=1S/C15H17NO3/c1-8(17)12-10(7-9-13(12)15(9,2)3)16-14(18)11-5-4-6-19-11/h4-6,9,13H,7H2,1-3H3,(H,16,18)/t9-,13-/m1/s1. The first-order valence-corrected chi connectivity index (χ1v) is 6.51. The maximum atomic E-state index is 12.0. The normalized spacial score (nSPS) is 27.1. The second-order valence-electron chi connectivity index (χ2n) is 5.99. The summed E-state index contributed by atoms with van der Waals surface area (Å²) in [7, 11) is 0. The molecule has 0 aromatic carbocycles. The van der Waals surface area contributed by atoms with E-state index in [1.54, 1.807) is 19.1 Å². The Morgan fingerprint density at radius 1 is 1.42 bits per heavy atom. The lowest BCUT2D eigenvalue weighted by Crippen LogP contribution is -2.25. The number of nitrogens with one attached hydrogen (secondary N) is 1. The molecular weight excluding hydrogens is 242 g/mol. The number of rotatable bonds is 3. The summed E-state index contributed by atoms with van der Waals surface area (Å²) in [4.78, 5) is 23.8. The van der Waals surface area contributed by atoms with Gasteiger partial charge in [-0.15, -0.1) is 0 Å². The molecule has 100 valence electrons. The van der Waals surface area contributed by atoms with Crippen molar-refractivity contribution in [2.24, 2.45) is 17.3 Å². The second kappa shape index (κ2) is 3.83. The van der Waals surface area contributed by atoms with Crippen LogP contribution in [-0.4, -0.2) is 11.7 Å². The summed E-state index contributed by atoms with van der Waals surface area (Å²) in [6, 6.07) is 3.29. The molecule has 1 N–H and O–H groups in total. The molecule has 19 heavy (non-hydrogen) atoms. The first kappa shape index (κ1) is 12.2. The summed E-state index contributed by atoms with van der Waals surface area (Å²) >= 11 is 0. The number of hydrogen-bond acceptors (Lipinski definition) is 3. The minimum atomic E-state index is -0.280. The lowest BCUT2D eigenvalue weighted by atomic mass is 9.96. The minimum Gasteiger partial charge on any atom is -0.459 e. The van der Waals surface area contributed by atoms with Crippen LogP contribution in [-0.2, 0) is 4.79 Å². The Morgan fingerprint density at radius 3 is 2.74 bits per heavy atom. The summed E-state index contributed by atoms with van der Waals surface area (Å²) in [5, 5.41) is 2.84. The molecule has 2 aliphatic carbocycles. The number of carbonyl (C=O) groups is 2. The summed E-state index contributed by atoms with van der Waals surface area (Å²) in [5.41, 5.74) is 1.78. The van der Waals surface area contributed by atoms with Crippen molar-refractivity contribution < 1.29 is 14.0 Å². The van der Waals surface area contributed by atoms with Crippen LogP contribution < -0.4 is 5.32 Å². The molecule has 0 unspecified atom stereocenters. The van der Waals surface area contributed by atoms with Gasteiger partial charge in [-0.05, 0) is 42.7 Å². The number of amides is 1. The highest BCUT2D eigenvalue weighted by molar-refractivity contribution is 5.99. The maximum Gasteiger partial charge on any atom is 0.291 e. The molecule has 2 atom stereocenters. The van der Waals surface area contributed by atoms with E-state index in [4.69, 9.17) is 4.42 Å². The van der Waals surface area contributed by atoms with Gasteiger partial charge in [0.05, 0.1) is 6.26 Å². The van der Waals surface area contributed by atoms with E-state index in [1.807, 2.05) is 0 Å². The van der Waals surface area contributed by atoms with Gasteiger partial charge in [0.15, 0.2) is 11.5 Å². The summed E-state index contributed by atoms with van der Waals surface area (Å²) < 4.78 is 5.06. The van der Waals surface area contributed by atoms with Gasteiger partial charge in [-0.3, -0.25) is 9.59 Å². The van der Waals surface area contributed by atoms with Crippen LogP contribution in [0.2, 0.25) is 0 Å². The van der Waals surface area contributed by atoms with Crippen LogP contribution in [0.25, 0.3) is 0 Å². The zero-order valence-corrected chi connectivity index (χ0v) is 11.3. The number of allylic oxidation sites excluding steroid dienone is 2. The van der Waals surface area contributed by atoms with Crippen molar-refractivity contribution >= 4 is 11.7 Å². The van der Waals surface area contributed by atoms with Crippen molar-refractivity contribution in [3.05, 3.63) is 35.4 Å². The lowest BCUT2D eigenvalue weighted by Gasteiger charge is -2.14. The van der Waals surface area contributed by atoms with Gasteiger partial charge in [0, 0.05) is 11.3 Å². The second-order valence-corrected chi connectivity index (χ2v) is 5.99. The van der Waals surface area contributed by atoms with Crippen LogP contribution in [0.4, 0.5) is 0 Å². The van der Waals surface area contributed by atoms with Gasteiger partial charge >= 0.3 is 0 Å². The number of carbonyl (C=O) groups excluding carboxylic acids is 2. The average molecular weight is 259 g/mol. The number of ketones is 1. The van der Waals surface area contributed by atoms with Gasteiger partial charge in [-0.2, -0.15) is 0 Å². The quantitative estimate of drug-likeness (QED) is 0.907. The monoisotopic (exact) mass is 259 g/mol. The molecule has 0 saturated heterocycles. The average Bonchev–Trinajstić information content (AvgIpc) is 2.83. The number of Topliss-reactive ketones (excluding diaryl/α,β-unsaturated/α-hetero) is 1. The highest BCUT2D eigenvalue weighted by Gasteiger charge is 2.64. The van der Waals surface area contributed by atoms with E-state index in [9.17, 15) is 9.59 Å². The maximum absolute atomic E-state index is 12.0. The summed E-state index contributed by atoms with van der Waals surface area (Å²) in [5.74, 6) is 0.844. The van der Waals surface area contributed by atoms with Crippen molar-refractivity contribution in [3.8, 4) is 0 Å². The molecular formula is C15H17NO3. The van der Waals surface area contributed by atoms with E-state index in [0.717, 1.165) is 17.7 Å². The van der Waals surface area contributed by atoms with Crippen molar-refractivity contribution in [1.29, 1.82) is 0 Å². The molecule has 0 aliphatic heterocycles. The molecule has 1 fully saturated rings. The van der Waals surface area contributed by atoms with Crippen LogP contribution in [0.3, 0.4) is 0 Å². The van der Waals surface area contributed by atoms with Crippen molar-refractivity contribution in [2.75, 3.05) is 0 Å². The zero-order valence-electron chi connectivity index (χ0n) is 11.3. The van der Waals surface area contributed by atoms with Crippen LogP contribution in [0.1, 0.15) is 37.7 Å². The van der Waals surface area contributed by atoms with Crippen molar-refractivity contribution in [1.82, 2.24) is 5.32 Å². The highest BCUT2D eigenvalue weighted by Crippen LogP contribution is 2.68. The molecule has 0 bridgehead atoms. The zero-order chi connectivity index (χ0) is 13.8. The minimum absolute atomic E-state index is 0.0628. The molecule has 4 heteroatoms.